The van der Waals surface area contributed by atoms with E-state index in [9.17, 15) is 0 Å². The highest BCUT2D eigenvalue weighted by atomic mass is 127. The maximum atomic E-state index is 6.01. The number of hydrogen-bond donors (Lipinski definition) is 2. The highest BCUT2D eigenvalue weighted by Crippen LogP contribution is 2.26. The molecule has 3 rings (SSSR count). The minimum atomic E-state index is 0. The Morgan fingerprint density at radius 2 is 1.82 bits per heavy atom. The number of benzene rings is 2. The molecular formula is C26H38IN3O3. The van der Waals surface area contributed by atoms with Gasteiger partial charge in [0.05, 0.1) is 32.4 Å². The van der Waals surface area contributed by atoms with Crippen LogP contribution in [-0.2, 0) is 22.6 Å². The largest absolute Gasteiger partial charge is 0.496 e. The zero-order chi connectivity index (χ0) is 22.8. The second kappa shape index (κ2) is 14.4. The van der Waals surface area contributed by atoms with Crippen molar-refractivity contribution in [2.75, 3.05) is 26.9 Å². The Hall–Kier alpha value is -1.84. The highest BCUT2D eigenvalue weighted by molar-refractivity contribution is 14.0. The molecule has 1 unspecified atom stereocenters. The molecule has 0 aliphatic carbocycles. The molecule has 1 aliphatic heterocycles. The fraction of sp³-hybridized carbons (Fsp3) is 0.500. The molecule has 33 heavy (non-hydrogen) atoms. The van der Waals surface area contributed by atoms with E-state index in [0.717, 1.165) is 55.4 Å². The lowest BCUT2D eigenvalue weighted by Gasteiger charge is -2.22. The number of nitrogens with one attached hydrogen (secondary N) is 2. The van der Waals surface area contributed by atoms with Crippen molar-refractivity contribution >= 4 is 29.9 Å². The van der Waals surface area contributed by atoms with Crippen LogP contribution in [0.25, 0.3) is 0 Å². The molecule has 0 aromatic heterocycles. The molecular weight excluding hydrogens is 529 g/mol. The first kappa shape index (κ1) is 27.4. The molecule has 6 nitrogen and oxygen atoms in total. The van der Waals surface area contributed by atoms with Gasteiger partial charge in [0.1, 0.15) is 5.75 Å². The van der Waals surface area contributed by atoms with E-state index < -0.39 is 0 Å². The van der Waals surface area contributed by atoms with Crippen molar-refractivity contribution in [1.82, 2.24) is 10.6 Å². The molecule has 0 saturated carbocycles. The van der Waals surface area contributed by atoms with E-state index in [2.05, 4.69) is 67.8 Å². The van der Waals surface area contributed by atoms with Crippen LogP contribution in [-0.4, -0.2) is 38.9 Å². The van der Waals surface area contributed by atoms with Gasteiger partial charge in [-0.05, 0) is 50.8 Å². The summed E-state index contributed by atoms with van der Waals surface area (Å²) >= 11 is 0. The van der Waals surface area contributed by atoms with Gasteiger partial charge >= 0.3 is 0 Å². The summed E-state index contributed by atoms with van der Waals surface area (Å²) in [5.74, 6) is 1.67. The molecule has 0 bridgehead atoms. The van der Waals surface area contributed by atoms with E-state index >= 15 is 0 Å². The van der Waals surface area contributed by atoms with Crippen LogP contribution in [0.2, 0.25) is 0 Å². The molecule has 2 aromatic rings. The summed E-state index contributed by atoms with van der Waals surface area (Å²) < 4.78 is 16.9. The SMILES string of the molecule is CCNC(=NCc1ccc(COC2CCOCC2)cc1)NC(C)c1cc(C)ccc1OC.I. The standard InChI is InChI=1S/C26H37N3O3.HI/c1-5-27-26(29-20(3)24-16-19(2)6-11-25(24)30-4)28-17-21-7-9-22(10-8-21)18-32-23-12-14-31-15-13-23;/h6-11,16,20,23H,5,12-15,17-18H2,1-4H3,(H2,27,28,29);1H. The van der Waals surface area contributed by atoms with Gasteiger partial charge in [-0.15, -0.1) is 24.0 Å². The lowest BCUT2D eigenvalue weighted by atomic mass is 10.0. The van der Waals surface area contributed by atoms with Crippen molar-refractivity contribution in [3.8, 4) is 5.75 Å². The number of aryl methyl sites for hydroxylation is 1. The van der Waals surface area contributed by atoms with E-state index in [4.69, 9.17) is 19.2 Å². The smallest absolute Gasteiger partial charge is 0.192 e. The van der Waals surface area contributed by atoms with Crippen molar-refractivity contribution in [3.63, 3.8) is 0 Å². The molecule has 0 radical (unpaired) electrons. The Kier molecular flexibility index (Phi) is 12.0. The van der Waals surface area contributed by atoms with Crippen molar-refractivity contribution in [2.45, 2.75) is 58.9 Å². The van der Waals surface area contributed by atoms with Crippen LogP contribution < -0.4 is 15.4 Å². The third kappa shape index (κ3) is 8.79. The Morgan fingerprint density at radius 3 is 2.48 bits per heavy atom. The normalized spacial score (nSPS) is 15.5. The van der Waals surface area contributed by atoms with Crippen molar-refractivity contribution < 1.29 is 14.2 Å². The first-order chi connectivity index (χ1) is 15.6. The summed E-state index contributed by atoms with van der Waals surface area (Å²) in [6.07, 6.45) is 2.29. The molecule has 1 atom stereocenters. The van der Waals surface area contributed by atoms with Crippen molar-refractivity contribution in [2.24, 2.45) is 4.99 Å². The molecule has 1 saturated heterocycles. The lowest BCUT2D eigenvalue weighted by molar-refractivity contribution is -0.0390. The van der Waals surface area contributed by atoms with Crippen LogP contribution in [0.3, 0.4) is 0 Å². The first-order valence-electron chi connectivity index (χ1n) is 11.6. The third-order valence-electron chi connectivity index (χ3n) is 5.65. The zero-order valence-electron chi connectivity index (χ0n) is 20.2. The summed E-state index contributed by atoms with van der Waals surface area (Å²) in [5, 5.41) is 6.84. The maximum Gasteiger partial charge on any atom is 0.192 e. The van der Waals surface area contributed by atoms with Crippen LogP contribution in [0.4, 0.5) is 0 Å². The second-order valence-corrected chi connectivity index (χ2v) is 8.25. The summed E-state index contributed by atoms with van der Waals surface area (Å²) in [4.78, 5) is 4.78. The van der Waals surface area contributed by atoms with Gasteiger partial charge in [-0.25, -0.2) is 4.99 Å². The predicted molar refractivity (Wildman–Crippen MR) is 145 cm³/mol. The molecule has 1 fully saturated rings. The van der Waals surface area contributed by atoms with Gasteiger partial charge in [0.15, 0.2) is 5.96 Å². The minimum absolute atomic E-state index is 0. The van der Waals surface area contributed by atoms with Gasteiger partial charge in [-0.3, -0.25) is 0 Å². The molecule has 1 aliphatic rings. The summed E-state index contributed by atoms with van der Waals surface area (Å²) in [5.41, 5.74) is 4.68. The van der Waals surface area contributed by atoms with Crippen molar-refractivity contribution in [1.29, 1.82) is 0 Å². The Balaban J connectivity index is 0.00000385. The van der Waals surface area contributed by atoms with Gasteiger partial charge < -0.3 is 24.8 Å². The monoisotopic (exact) mass is 567 g/mol. The van der Waals surface area contributed by atoms with E-state index in [1.807, 2.05) is 6.07 Å². The number of ether oxygens (including phenoxy) is 3. The Bertz CT molecular complexity index is 868. The molecule has 7 heteroatoms. The predicted octanol–water partition coefficient (Wildman–Crippen LogP) is 5.13. The number of halogens is 1. The fourth-order valence-electron chi connectivity index (χ4n) is 3.76. The quantitative estimate of drug-likeness (QED) is 0.250. The van der Waals surface area contributed by atoms with E-state index in [0.29, 0.717) is 19.3 Å². The molecule has 2 aromatic carbocycles. The summed E-state index contributed by atoms with van der Waals surface area (Å²) in [6.45, 7) is 9.94. The number of rotatable bonds is 9. The van der Waals surface area contributed by atoms with E-state index in [-0.39, 0.29) is 30.0 Å². The number of aliphatic imine (C=N–C) groups is 1. The topological polar surface area (TPSA) is 64.1 Å². The summed E-state index contributed by atoms with van der Waals surface area (Å²) in [6, 6.07) is 14.8. The van der Waals surface area contributed by atoms with Gasteiger partial charge in [0.2, 0.25) is 0 Å². The maximum absolute atomic E-state index is 6.01. The Labute approximate surface area is 215 Å². The van der Waals surface area contributed by atoms with Gasteiger partial charge in [-0.2, -0.15) is 0 Å². The van der Waals surface area contributed by atoms with Crippen LogP contribution in [0, 0.1) is 6.92 Å². The average Bonchev–Trinajstić information content (AvgIpc) is 2.82. The molecule has 0 amide bonds. The zero-order valence-corrected chi connectivity index (χ0v) is 22.6. The summed E-state index contributed by atoms with van der Waals surface area (Å²) in [7, 11) is 1.71. The third-order valence-corrected chi connectivity index (χ3v) is 5.65. The molecule has 2 N–H and O–H groups in total. The first-order valence-corrected chi connectivity index (χ1v) is 11.6. The number of guanidine groups is 1. The number of methoxy groups -OCH3 is 1. The lowest BCUT2D eigenvalue weighted by Crippen LogP contribution is -2.38. The van der Waals surface area contributed by atoms with Crippen LogP contribution >= 0.6 is 24.0 Å². The van der Waals surface area contributed by atoms with Gasteiger partial charge in [0.25, 0.3) is 0 Å². The fourth-order valence-corrected chi connectivity index (χ4v) is 3.76. The molecule has 0 spiro atoms. The number of nitrogens with zero attached hydrogens (tertiary/aromatic N) is 1. The molecule has 1 heterocycles. The van der Waals surface area contributed by atoms with E-state index in [1.165, 1.54) is 11.1 Å². The van der Waals surface area contributed by atoms with Crippen LogP contribution in [0.15, 0.2) is 47.5 Å². The van der Waals surface area contributed by atoms with Crippen LogP contribution in [0.5, 0.6) is 5.75 Å². The van der Waals surface area contributed by atoms with Gasteiger partial charge in [0, 0.05) is 25.3 Å². The minimum Gasteiger partial charge on any atom is -0.496 e. The highest BCUT2D eigenvalue weighted by Gasteiger charge is 2.15. The number of hydrogen-bond acceptors (Lipinski definition) is 4. The molecule has 182 valence electrons. The average molecular weight is 568 g/mol. The Morgan fingerprint density at radius 1 is 1.12 bits per heavy atom. The van der Waals surface area contributed by atoms with Crippen LogP contribution in [0.1, 0.15) is 55.0 Å². The van der Waals surface area contributed by atoms with Crippen molar-refractivity contribution in [3.05, 3.63) is 64.7 Å². The second-order valence-electron chi connectivity index (χ2n) is 8.25. The van der Waals surface area contributed by atoms with E-state index in [1.54, 1.807) is 7.11 Å². The van der Waals surface area contributed by atoms with Gasteiger partial charge in [-0.1, -0.05) is 42.0 Å².